The first-order valence-corrected chi connectivity index (χ1v) is 25.8. The predicted octanol–water partition coefficient (Wildman–Crippen LogP) is 20.1. The van der Waals surface area contributed by atoms with Crippen LogP contribution in [0.5, 0.6) is 0 Å². The molecule has 0 aliphatic carbocycles. The van der Waals surface area contributed by atoms with Gasteiger partial charge in [0.15, 0.2) is 0 Å². The second-order valence-corrected chi connectivity index (χ2v) is 21.2. The molecular formula is C66H69F3N4. The van der Waals surface area contributed by atoms with Gasteiger partial charge in [-0.3, -0.25) is 0 Å². The summed E-state index contributed by atoms with van der Waals surface area (Å²) < 4.78 is 48.2. The molecule has 8 aromatic carbocycles. The lowest BCUT2D eigenvalue weighted by molar-refractivity contribution is -0.137. The number of nitrogens with zero attached hydrogens (tertiary/aromatic N) is 4. The van der Waals surface area contributed by atoms with Gasteiger partial charge in [-0.1, -0.05) is 96.1 Å². The van der Waals surface area contributed by atoms with Crippen molar-refractivity contribution in [3.05, 3.63) is 191 Å². The monoisotopic (exact) mass is 975 g/mol. The van der Waals surface area contributed by atoms with Crippen molar-refractivity contribution in [3.8, 4) is 0 Å². The predicted molar refractivity (Wildman–Crippen MR) is 308 cm³/mol. The number of hydrogen-bond acceptors (Lipinski definition) is 0. The maximum absolute atomic E-state index is 13.0. The van der Waals surface area contributed by atoms with Gasteiger partial charge in [-0.2, -0.15) is 13.2 Å². The fourth-order valence-corrected chi connectivity index (χ4v) is 11.1. The molecule has 0 aliphatic rings. The zero-order chi connectivity index (χ0) is 52.2. The van der Waals surface area contributed by atoms with Crippen LogP contribution in [0.4, 0.5) is 13.2 Å². The van der Waals surface area contributed by atoms with Gasteiger partial charge >= 0.3 is 6.18 Å². The van der Waals surface area contributed by atoms with Crippen LogP contribution in [0.25, 0.3) is 87.2 Å². The maximum atomic E-state index is 13.0. The summed E-state index contributed by atoms with van der Waals surface area (Å²) in [5, 5.41) is 9.72. The summed E-state index contributed by atoms with van der Waals surface area (Å²) in [7, 11) is 0. The van der Waals surface area contributed by atoms with Crippen LogP contribution in [0.2, 0.25) is 0 Å². The van der Waals surface area contributed by atoms with Gasteiger partial charge in [-0.05, 0) is 179 Å². The summed E-state index contributed by atoms with van der Waals surface area (Å²) in [5.41, 5.74) is 15.6. The SMILES string of the molecule is Cc1ccc2c(c1)c1cc(C(F)(F)F)ccc1n2C(C)C.Cc1ccc2c(c1)c1ccccc1n2C(C)C.Cc1ccc2c3ccc(C)cc3n(C(C)C)c2c1.Cc1ccc2c3ccccc3n(C(C)C)c2c1. The third kappa shape index (κ3) is 9.63. The standard InChI is InChI=1S/C17H16F3N.C17H19N.2C16H17N/c1-10(2)21-15-6-4-11(3)8-13(15)14-9-12(17(18,19)20)5-7-16(14)21;1-11(2)18-16-9-12(3)5-7-14(16)15-8-6-13(4)10-17(15)18;1-11(2)17-15-7-5-4-6-13(15)14-10-12(3)8-9-16(14)17;1-11(2)17-15-7-5-4-6-13(15)14-9-8-12(3)10-16(14)17/h4-10H,1-3H3;5-11H,1-4H3;2*4-11H,1-3H3. The first-order valence-electron chi connectivity index (χ1n) is 25.8. The number of hydrogen-bond donors (Lipinski definition) is 0. The molecule has 4 aromatic heterocycles. The molecule has 0 aliphatic heterocycles. The van der Waals surface area contributed by atoms with Gasteiger partial charge in [0.25, 0.3) is 0 Å². The lowest BCUT2D eigenvalue weighted by Crippen LogP contribution is -2.04. The zero-order valence-electron chi connectivity index (χ0n) is 44.7. The quantitative estimate of drug-likeness (QED) is 0.167. The highest BCUT2D eigenvalue weighted by Gasteiger charge is 2.31. The minimum atomic E-state index is -4.32. The molecule has 7 heteroatoms. The van der Waals surface area contributed by atoms with E-state index in [1.807, 2.05) is 39.0 Å². The van der Waals surface area contributed by atoms with Crippen molar-refractivity contribution in [1.82, 2.24) is 18.3 Å². The number of benzene rings is 8. The Morgan fingerprint density at radius 1 is 0.274 bits per heavy atom. The normalized spacial score (nSPS) is 12.1. The number of fused-ring (bicyclic) bond motifs is 12. The van der Waals surface area contributed by atoms with Crippen LogP contribution in [0.15, 0.2) is 158 Å². The zero-order valence-corrected chi connectivity index (χ0v) is 44.7. The molecule has 0 saturated carbocycles. The molecule has 12 rings (SSSR count). The Hall–Kier alpha value is -7.25. The Morgan fingerprint density at radius 2 is 0.534 bits per heavy atom. The highest BCUT2D eigenvalue weighted by molar-refractivity contribution is 6.11. The van der Waals surface area contributed by atoms with Crippen LogP contribution in [0.1, 0.15) is 113 Å². The number of para-hydroxylation sites is 2. The molecule has 0 radical (unpaired) electrons. The van der Waals surface area contributed by atoms with Gasteiger partial charge in [0, 0.05) is 111 Å². The Morgan fingerprint density at radius 3 is 0.918 bits per heavy atom. The largest absolute Gasteiger partial charge is 0.416 e. The van der Waals surface area contributed by atoms with Gasteiger partial charge in [0.2, 0.25) is 0 Å². The number of alkyl halides is 3. The molecule has 0 N–H and O–H groups in total. The lowest BCUT2D eigenvalue weighted by Gasteiger charge is -2.12. The van der Waals surface area contributed by atoms with Gasteiger partial charge in [0.1, 0.15) is 0 Å². The van der Waals surface area contributed by atoms with Gasteiger partial charge in [0.05, 0.1) is 5.56 Å². The Labute approximate surface area is 428 Å². The van der Waals surface area contributed by atoms with E-state index in [-0.39, 0.29) is 6.04 Å². The summed E-state index contributed by atoms with van der Waals surface area (Å²) >= 11 is 0. The van der Waals surface area contributed by atoms with Gasteiger partial charge < -0.3 is 18.3 Å². The number of halogens is 3. The first-order chi connectivity index (χ1) is 34.7. The average Bonchev–Trinajstić information content (AvgIpc) is 4.05. The van der Waals surface area contributed by atoms with Crippen molar-refractivity contribution < 1.29 is 13.2 Å². The van der Waals surface area contributed by atoms with Gasteiger partial charge in [-0.25, -0.2) is 0 Å². The van der Waals surface area contributed by atoms with Crippen LogP contribution < -0.4 is 0 Å². The Kier molecular flexibility index (Phi) is 13.9. The molecule has 0 amide bonds. The second-order valence-electron chi connectivity index (χ2n) is 21.2. The first kappa shape index (κ1) is 50.7. The third-order valence-electron chi connectivity index (χ3n) is 14.2. The van der Waals surface area contributed by atoms with E-state index in [0.29, 0.717) is 23.5 Å². The van der Waals surface area contributed by atoms with Crippen LogP contribution in [0.3, 0.4) is 0 Å². The molecule has 4 heterocycles. The second kappa shape index (κ2) is 20.0. The molecule has 374 valence electrons. The van der Waals surface area contributed by atoms with Crippen molar-refractivity contribution in [3.63, 3.8) is 0 Å². The van der Waals surface area contributed by atoms with E-state index in [1.165, 1.54) is 93.7 Å². The van der Waals surface area contributed by atoms with Crippen molar-refractivity contribution in [1.29, 1.82) is 0 Å². The highest BCUT2D eigenvalue weighted by Crippen LogP contribution is 2.39. The molecule has 0 saturated heterocycles. The lowest BCUT2D eigenvalue weighted by atomic mass is 10.1. The van der Waals surface area contributed by atoms with E-state index in [2.05, 4.69) is 209 Å². The fraction of sp³-hybridized carbons (Fsp3) is 0.273. The Bertz CT molecular complexity index is 3910. The molecular weight excluding hydrogens is 906 g/mol. The van der Waals surface area contributed by atoms with E-state index in [9.17, 15) is 13.2 Å². The summed E-state index contributed by atoms with van der Waals surface area (Å²) in [4.78, 5) is 0. The molecule has 0 atom stereocenters. The van der Waals surface area contributed by atoms with E-state index >= 15 is 0 Å². The topological polar surface area (TPSA) is 19.7 Å². The van der Waals surface area contributed by atoms with Crippen molar-refractivity contribution >= 4 is 87.2 Å². The summed E-state index contributed by atoms with van der Waals surface area (Å²) in [6.07, 6.45) is -4.32. The van der Waals surface area contributed by atoms with Gasteiger partial charge in [-0.15, -0.1) is 0 Å². The van der Waals surface area contributed by atoms with Crippen LogP contribution in [0, 0.1) is 34.6 Å². The van der Waals surface area contributed by atoms with Crippen LogP contribution in [-0.2, 0) is 6.18 Å². The van der Waals surface area contributed by atoms with E-state index in [0.717, 1.165) is 28.0 Å². The van der Waals surface area contributed by atoms with E-state index in [1.54, 1.807) is 6.07 Å². The minimum absolute atomic E-state index is 0.185. The average molecular weight is 975 g/mol. The molecule has 0 spiro atoms. The highest BCUT2D eigenvalue weighted by atomic mass is 19.4. The molecule has 4 nitrogen and oxygen atoms in total. The summed E-state index contributed by atoms with van der Waals surface area (Å²) in [6, 6.07) is 55.8. The smallest absolute Gasteiger partial charge is 0.338 e. The molecule has 12 aromatic rings. The van der Waals surface area contributed by atoms with Crippen LogP contribution >= 0.6 is 0 Å². The molecule has 0 bridgehead atoms. The van der Waals surface area contributed by atoms with E-state index < -0.39 is 11.7 Å². The van der Waals surface area contributed by atoms with E-state index in [4.69, 9.17) is 0 Å². The summed E-state index contributed by atoms with van der Waals surface area (Å²) in [6.45, 7) is 28.1. The Balaban J connectivity index is 0.000000120. The molecule has 0 fully saturated rings. The summed E-state index contributed by atoms with van der Waals surface area (Å²) in [5.74, 6) is 0. The van der Waals surface area contributed by atoms with Crippen molar-refractivity contribution in [2.45, 2.75) is 120 Å². The van der Waals surface area contributed by atoms with Crippen molar-refractivity contribution in [2.24, 2.45) is 0 Å². The molecule has 0 unspecified atom stereocenters. The fourth-order valence-electron chi connectivity index (χ4n) is 11.1. The van der Waals surface area contributed by atoms with Crippen molar-refractivity contribution in [2.75, 3.05) is 0 Å². The minimum Gasteiger partial charge on any atom is -0.338 e. The number of rotatable bonds is 4. The number of aromatic nitrogens is 4. The third-order valence-corrected chi connectivity index (χ3v) is 14.2. The van der Waals surface area contributed by atoms with Crippen LogP contribution in [-0.4, -0.2) is 18.3 Å². The number of aryl methyl sites for hydroxylation is 5. The maximum Gasteiger partial charge on any atom is 0.416 e. The molecule has 73 heavy (non-hydrogen) atoms.